The van der Waals surface area contributed by atoms with Crippen LogP contribution in [0.5, 0.6) is 0 Å². The van der Waals surface area contributed by atoms with Crippen molar-refractivity contribution in [2.75, 3.05) is 26.8 Å². The van der Waals surface area contributed by atoms with E-state index >= 15 is 0 Å². The number of hydrogen-bond acceptors (Lipinski definition) is 2. The third-order valence-corrected chi connectivity index (χ3v) is 2.99. The van der Waals surface area contributed by atoms with Gasteiger partial charge in [0.05, 0.1) is 5.56 Å². The highest BCUT2D eigenvalue weighted by Crippen LogP contribution is 2.29. The van der Waals surface area contributed by atoms with Crippen LogP contribution in [0.1, 0.15) is 17.5 Å². The Morgan fingerprint density at radius 1 is 1.04 bits per heavy atom. The molecule has 0 aliphatic rings. The van der Waals surface area contributed by atoms with Crippen molar-refractivity contribution in [3.63, 3.8) is 0 Å². The molecule has 0 aliphatic heterocycles. The first-order valence-electron chi connectivity index (χ1n) is 7.37. The number of halogens is 7. The molecule has 26 heavy (non-hydrogen) atoms. The standard InChI is InChI=1S/C15H19F6N3O.HI/c1-22-13(23-7-2-8-25-10-14(16,17)18)24-9-11-3-5-12(6-4-11)15(19,20)21;/h3-6H,2,7-10H2,1H3,(H2,22,23,24);1H. The van der Waals surface area contributed by atoms with E-state index in [1.807, 2.05) is 0 Å². The fourth-order valence-corrected chi connectivity index (χ4v) is 1.79. The molecule has 0 saturated heterocycles. The Morgan fingerprint density at radius 3 is 2.15 bits per heavy atom. The van der Waals surface area contributed by atoms with Crippen molar-refractivity contribution < 1.29 is 31.1 Å². The molecular weight excluding hydrogens is 479 g/mol. The van der Waals surface area contributed by atoms with Gasteiger partial charge in [0.2, 0.25) is 0 Å². The van der Waals surface area contributed by atoms with E-state index in [1.165, 1.54) is 19.2 Å². The second-order valence-electron chi connectivity index (χ2n) is 5.07. The first-order chi connectivity index (χ1) is 11.6. The number of nitrogens with one attached hydrogen (secondary N) is 2. The number of ether oxygens (including phenoxy) is 1. The second-order valence-corrected chi connectivity index (χ2v) is 5.07. The number of hydrogen-bond donors (Lipinski definition) is 2. The van der Waals surface area contributed by atoms with Gasteiger partial charge in [0.1, 0.15) is 6.61 Å². The molecule has 1 rings (SSSR count). The van der Waals surface area contributed by atoms with Crippen molar-refractivity contribution in [1.29, 1.82) is 0 Å². The van der Waals surface area contributed by atoms with Gasteiger partial charge >= 0.3 is 12.4 Å². The molecule has 0 unspecified atom stereocenters. The van der Waals surface area contributed by atoms with Crippen LogP contribution >= 0.6 is 24.0 Å². The topological polar surface area (TPSA) is 45.7 Å². The van der Waals surface area contributed by atoms with Crippen LogP contribution in [0.3, 0.4) is 0 Å². The molecule has 1 aromatic carbocycles. The highest BCUT2D eigenvalue weighted by Gasteiger charge is 2.30. The summed E-state index contributed by atoms with van der Waals surface area (Å²) in [6.07, 6.45) is -8.37. The maximum Gasteiger partial charge on any atom is 0.416 e. The second kappa shape index (κ2) is 11.5. The van der Waals surface area contributed by atoms with E-state index < -0.39 is 24.5 Å². The molecule has 0 fully saturated rings. The summed E-state index contributed by atoms with van der Waals surface area (Å²) in [4.78, 5) is 3.91. The number of aliphatic imine (C=N–C) groups is 1. The van der Waals surface area contributed by atoms with Crippen molar-refractivity contribution in [2.24, 2.45) is 4.99 Å². The molecule has 2 N–H and O–H groups in total. The van der Waals surface area contributed by atoms with Gasteiger partial charge < -0.3 is 15.4 Å². The van der Waals surface area contributed by atoms with Gasteiger partial charge in [0, 0.05) is 26.7 Å². The molecule has 0 heterocycles. The first kappa shape index (κ1) is 24.8. The van der Waals surface area contributed by atoms with Crippen molar-refractivity contribution in [3.05, 3.63) is 35.4 Å². The van der Waals surface area contributed by atoms with Crippen LogP contribution in [0.25, 0.3) is 0 Å². The number of benzene rings is 1. The molecule has 1 aromatic rings. The number of rotatable bonds is 7. The lowest BCUT2D eigenvalue weighted by molar-refractivity contribution is -0.173. The van der Waals surface area contributed by atoms with Crippen LogP contribution in [-0.4, -0.2) is 38.9 Å². The van der Waals surface area contributed by atoms with Gasteiger partial charge in [0.15, 0.2) is 5.96 Å². The molecule has 150 valence electrons. The van der Waals surface area contributed by atoms with Crippen LogP contribution in [0.4, 0.5) is 26.3 Å². The highest BCUT2D eigenvalue weighted by atomic mass is 127. The van der Waals surface area contributed by atoms with Gasteiger partial charge in [0.25, 0.3) is 0 Å². The van der Waals surface area contributed by atoms with E-state index in [0.717, 1.165) is 12.1 Å². The van der Waals surface area contributed by atoms with Gasteiger partial charge in [-0.2, -0.15) is 26.3 Å². The molecule has 0 aliphatic carbocycles. The number of nitrogens with zero attached hydrogens (tertiary/aromatic N) is 1. The lowest BCUT2D eigenvalue weighted by Gasteiger charge is -2.13. The summed E-state index contributed by atoms with van der Waals surface area (Å²) in [6.45, 7) is -0.747. The molecule has 0 aromatic heterocycles. The van der Waals surface area contributed by atoms with Crippen LogP contribution in [0.15, 0.2) is 29.3 Å². The SMILES string of the molecule is CN=C(NCCCOCC(F)(F)F)NCc1ccc(C(F)(F)F)cc1.I. The fraction of sp³-hybridized carbons (Fsp3) is 0.533. The minimum absolute atomic E-state index is 0. The van der Waals surface area contributed by atoms with Gasteiger partial charge in [-0.1, -0.05) is 12.1 Å². The molecule has 11 heteroatoms. The molecular formula is C15H20F6IN3O. The van der Waals surface area contributed by atoms with E-state index in [9.17, 15) is 26.3 Å². The normalized spacial score (nSPS) is 12.5. The number of alkyl halides is 6. The molecule has 0 spiro atoms. The van der Waals surface area contributed by atoms with Crippen LogP contribution in [0, 0.1) is 0 Å². The fourth-order valence-electron chi connectivity index (χ4n) is 1.79. The Labute approximate surface area is 164 Å². The Hall–Kier alpha value is -1.24. The van der Waals surface area contributed by atoms with E-state index in [1.54, 1.807) is 0 Å². The predicted octanol–water partition coefficient (Wildman–Crippen LogP) is 3.96. The third kappa shape index (κ3) is 10.7. The molecule has 0 amide bonds. The van der Waals surface area contributed by atoms with E-state index in [-0.39, 0.29) is 37.1 Å². The van der Waals surface area contributed by atoms with Crippen molar-refractivity contribution in [3.8, 4) is 0 Å². The summed E-state index contributed by atoms with van der Waals surface area (Å²) in [5.41, 5.74) is -0.0953. The summed E-state index contributed by atoms with van der Waals surface area (Å²) in [5, 5.41) is 5.77. The third-order valence-electron chi connectivity index (χ3n) is 2.99. The molecule has 0 atom stereocenters. The van der Waals surface area contributed by atoms with E-state index in [2.05, 4.69) is 20.4 Å². The predicted molar refractivity (Wildman–Crippen MR) is 96.6 cm³/mol. The zero-order valence-electron chi connectivity index (χ0n) is 13.9. The number of guanidine groups is 1. The van der Waals surface area contributed by atoms with E-state index in [0.29, 0.717) is 24.5 Å². The van der Waals surface area contributed by atoms with Crippen molar-refractivity contribution >= 4 is 29.9 Å². The lowest BCUT2D eigenvalue weighted by Crippen LogP contribution is -2.37. The minimum atomic E-state index is -4.38. The Kier molecular flexibility index (Phi) is 10.9. The minimum Gasteiger partial charge on any atom is -0.372 e. The first-order valence-corrected chi connectivity index (χ1v) is 7.37. The van der Waals surface area contributed by atoms with Crippen LogP contribution in [0.2, 0.25) is 0 Å². The molecule has 0 bridgehead atoms. The van der Waals surface area contributed by atoms with Crippen molar-refractivity contribution in [2.45, 2.75) is 25.3 Å². The Balaban J connectivity index is 0.00000625. The summed E-state index contributed by atoms with van der Waals surface area (Å²) < 4.78 is 77.5. The molecule has 0 radical (unpaired) electrons. The molecule has 0 saturated carbocycles. The smallest absolute Gasteiger partial charge is 0.372 e. The maximum atomic E-state index is 12.5. The summed E-state index contributed by atoms with van der Waals surface area (Å²) >= 11 is 0. The largest absolute Gasteiger partial charge is 0.416 e. The zero-order chi connectivity index (χ0) is 18.9. The van der Waals surface area contributed by atoms with Crippen molar-refractivity contribution in [1.82, 2.24) is 10.6 Å². The zero-order valence-corrected chi connectivity index (χ0v) is 16.2. The van der Waals surface area contributed by atoms with Crippen LogP contribution < -0.4 is 10.6 Å². The maximum absolute atomic E-state index is 12.5. The quantitative estimate of drug-likeness (QED) is 0.197. The monoisotopic (exact) mass is 499 g/mol. The summed E-state index contributed by atoms with van der Waals surface area (Å²) in [5.74, 6) is 0.385. The summed E-state index contributed by atoms with van der Waals surface area (Å²) in [7, 11) is 1.50. The average Bonchev–Trinajstić information content (AvgIpc) is 2.52. The Bertz CT molecular complexity index is 546. The lowest BCUT2D eigenvalue weighted by atomic mass is 10.1. The van der Waals surface area contributed by atoms with Crippen LogP contribution in [-0.2, 0) is 17.5 Å². The van der Waals surface area contributed by atoms with Gasteiger partial charge in [-0.25, -0.2) is 0 Å². The average molecular weight is 499 g/mol. The highest BCUT2D eigenvalue weighted by molar-refractivity contribution is 14.0. The summed E-state index contributed by atoms with van der Waals surface area (Å²) in [6, 6.07) is 4.69. The van der Waals surface area contributed by atoms with Gasteiger partial charge in [-0.3, -0.25) is 4.99 Å². The van der Waals surface area contributed by atoms with Gasteiger partial charge in [-0.15, -0.1) is 24.0 Å². The van der Waals surface area contributed by atoms with Gasteiger partial charge in [-0.05, 0) is 24.1 Å². The molecule has 4 nitrogen and oxygen atoms in total. The van der Waals surface area contributed by atoms with E-state index in [4.69, 9.17) is 0 Å². The Morgan fingerprint density at radius 2 is 1.65 bits per heavy atom.